The number of nitrogens with zero attached hydrogens (tertiary/aromatic N) is 3. The maximum atomic E-state index is 12.7. The zero-order valence-corrected chi connectivity index (χ0v) is 14.4. The molecule has 27 heavy (non-hydrogen) atoms. The summed E-state index contributed by atoms with van der Waals surface area (Å²) in [5, 5.41) is 25.4. The van der Waals surface area contributed by atoms with E-state index in [0.29, 0.717) is 19.6 Å². The van der Waals surface area contributed by atoms with Gasteiger partial charge >= 0.3 is 0 Å². The van der Waals surface area contributed by atoms with E-state index in [-0.39, 0.29) is 11.6 Å². The molecule has 0 saturated carbocycles. The van der Waals surface area contributed by atoms with Crippen molar-refractivity contribution in [2.24, 2.45) is 0 Å². The second-order valence-corrected chi connectivity index (χ2v) is 6.36. The molecule has 0 aromatic heterocycles. The molecular weight excluding hydrogens is 352 g/mol. The average molecular weight is 370 g/mol. The van der Waals surface area contributed by atoms with Crippen LogP contribution in [0.1, 0.15) is 22.3 Å². The maximum Gasteiger partial charge on any atom is 0.277 e. The van der Waals surface area contributed by atoms with Gasteiger partial charge in [-0.15, -0.1) is 0 Å². The summed E-state index contributed by atoms with van der Waals surface area (Å²) in [6, 6.07) is 13.0. The summed E-state index contributed by atoms with van der Waals surface area (Å²) >= 11 is 0. The molecule has 140 valence electrons. The largest absolute Gasteiger partial charge is 0.337 e. The number of nitrogens with one attached hydrogen (secondary N) is 1. The minimum atomic E-state index is -0.738. The minimum Gasteiger partial charge on any atom is -0.337 e. The quantitative estimate of drug-likeness (QED) is 0.616. The molecule has 1 saturated heterocycles. The van der Waals surface area contributed by atoms with Crippen LogP contribution in [-0.2, 0) is 6.54 Å². The summed E-state index contributed by atoms with van der Waals surface area (Å²) in [6.07, 6.45) is 0.746. The average Bonchev–Trinajstić information content (AvgIpc) is 3.15. The Hall–Kier alpha value is -3.33. The van der Waals surface area contributed by atoms with Crippen LogP contribution < -0.4 is 5.32 Å². The highest BCUT2D eigenvalue weighted by Gasteiger charge is 2.29. The number of non-ortho nitro benzene ring substituents is 2. The van der Waals surface area contributed by atoms with Gasteiger partial charge in [0.1, 0.15) is 0 Å². The monoisotopic (exact) mass is 370 g/mol. The van der Waals surface area contributed by atoms with Gasteiger partial charge in [-0.2, -0.15) is 0 Å². The van der Waals surface area contributed by atoms with Gasteiger partial charge in [0.25, 0.3) is 17.3 Å². The fourth-order valence-electron chi connectivity index (χ4n) is 3.08. The number of likely N-dealkylation sites (tertiary alicyclic amines) is 1. The second kappa shape index (κ2) is 7.92. The molecule has 1 aliphatic heterocycles. The molecule has 2 aromatic carbocycles. The summed E-state index contributed by atoms with van der Waals surface area (Å²) in [7, 11) is 0. The molecule has 9 nitrogen and oxygen atoms in total. The summed E-state index contributed by atoms with van der Waals surface area (Å²) < 4.78 is 0. The lowest BCUT2D eigenvalue weighted by atomic mass is 10.1. The van der Waals surface area contributed by atoms with Gasteiger partial charge in [0.15, 0.2) is 0 Å². The van der Waals surface area contributed by atoms with Crippen LogP contribution in [0.3, 0.4) is 0 Å². The predicted molar refractivity (Wildman–Crippen MR) is 97.3 cm³/mol. The van der Waals surface area contributed by atoms with Crippen molar-refractivity contribution in [3.63, 3.8) is 0 Å². The highest BCUT2D eigenvalue weighted by Crippen LogP contribution is 2.24. The van der Waals surface area contributed by atoms with E-state index < -0.39 is 27.1 Å². The van der Waals surface area contributed by atoms with Gasteiger partial charge in [0, 0.05) is 37.8 Å². The van der Waals surface area contributed by atoms with E-state index in [9.17, 15) is 25.0 Å². The molecule has 0 bridgehead atoms. The zero-order chi connectivity index (χ0) is 19.4. The van der Waals surface area contributed by atoms with Gasteiger partial charge in [-0.3, -0.25) is 25.0 Å². The van der Waals surface area contributed by atoms with Crippen LogP contribution in [0.15, 0.2) is 48.5 Å². The van der Waals surface area contributed by atoms with Crippen LogP contribution in [0, 0.1) is 20.2 Å². The van der Waals surface area contributed by atoms with Crippen LogP contribution in [0.2, 0.25) is 0 Å². The molecule has 3 rings (SSSR count). The van der Waals surface area contributed by atoms with Gasteiger partial charge in [-0.05, 0) is 12.0 Å². The lowest BCUT2D eigenvalue weighted by molar-refractivity contribution is -0.394. The Morgan fingerprint density at radius 2 is 1.70 bits per heavy atom. The van der Waals surface area contributed by atoms with Crippen LogP contribution in [0.25, 0.3) is 0 Å². The molecule has 9 heteroatoms. The number of hydrogen-bond acceptors (Lipinski definition) is 6. The van der Waals surface area contributed by atoms with Gasteiger partial charge in [0.2, 0.25) is 0 Å². The third-order valence-corrected chi connectivity index (χ3v) is 4.48. The lowest BCUT2D eigenvalue weighted by Gasteiger charge is -2.17. The Morgan fingerprint density at radius 1 is 1.07 bits per heavy atom. The van der Waals surface area contributed by atoms with Crippen molar-refractivity contribution in [3.8, 4) is 0 Å². The molecule has 1 heterocycles. The van der Waals surface area contributed by atoms with Crippen molar-refractivity contribution in [2.45, 2.75) is 19.0 Å². The van der Waals surface area contributed by atoms with E-state index in [2.05, 4.69) is 5.32 Å². The number of carbonyl (C=O) groups excluding carboxylic acids is 1. The molecule has 2 aromatic rings. The van der Waals surface area contributed by atoms with Crippen LogP contribution >= 0.6 is 0 Å². The van der Waals surface area contributed by atoms with Gasteiger partial charge in [0.05, 0.1) is 21.5 Å². The highest BCUT2D eigenvalue weighted by molar-refractivity contribution is 5.95. The SMILES string of the molecule is O=C(c1cc([N+](=O)[O-])cc([N+](=O)[O-])c1)N1CC[C@@H](NCc2ccccc2)C1. The topological polar surface area (TPSA) is 119 Å². The number of nitro benzene ring substituents is 2. The van der Waals surface area contributed by atoms with Crippen LogP contribution in [0.4, 0.5) is 11.4 Å². The standard InChI is InChI=1S/C18H18N4O5/c23-18(14-8-16(21(24)25)10-17(9-14)22(26)27)20-7-6-15(12-20)19-11-13-4-2-1-3-5-13/h1-5,8-10,15,19H,6-7,11-12H2/t15-/m1/s1. The van der Waals surface area contributed by atoms with E-state index >= 15 is 0 Å². The first-order chi connectivity index (χ1) is 12.9. The molecular formula is C18H18N4O5. The fourth-order valence-corrected chi connectivity index (χ4v) is 3.08. The van der Waals surface area contributed by atoms with Gasteiger partial charge < -0.3 is 10.2 Å². The van der Waals surface area contributed by atoms with Gasteiger partial charge in [-0.1, -0.05) is 30.3 Å². The molecule has 1 aliphatic rings. The lowest BCUT2D eigenvalue weighted by Crippen LogP contribution is -2.34. The third kappa shape index (κ3) is 4.45. The highest BCUT2D eigenvalue weighted by atomic mass is 16.6. The van der Waals surface area contributed by atoms with E-state index in [1.54, 1.807) is 4.90 Å². The van der Waals surface area contributed by atoms with E-state index in [1.165, 1.54) is 0 Å². The molecule has 1 amide bonds. The van der Waals surface area contributed by atoms with Crippen molar-refractivity contribution in [3.05, 3.63) is 79.9 Å². The number of nitro groups is 2. The number of benzene rings is 2. The molecule has 1 atom stereocenters. The van der Waals surface area contributed by atoms with E-state index in [4.69, 9.17) is 0 Å². The van der Waals surface area contributed by atoms with Crippen molar-refractivity contribution in [1.29, 1.82) is 0 Å². The Bertz CT molecular complexity index is 839. The zero-order valence-electron chi connectivity index (χ0n) is 14.4. The first-order valence-electron chi connectivity index (χ1n) is 8.44. The summed E-state index contributed by atoms with van der Waals surface area (Å²) in [5.74, 6) is -0.439. The molecule has 0 radical (unpaired) electrons. The molecule has 1 fully saturated rings. The normalized spacial score (nSPS) is 16.3. The maximum absolute atomic E-state index is 12.7. The predicted octanol–water partition coefficient (Wildman–Crippen LogP) is 2.51. The summed E-state index contributed by atoms with van der Waals surface area (Å²) in [4.78, 5) is 34.7. The van der Waals surface area contributed by atoms with E-state index in [0.717, 1.165) is 30.2 Å². The number of rotatable bonds is 6. The summed E-state index contributed by atoms with van der Waals surface area (Å²) in [6.45, 7) is 1.61. The second-order valence-electron chi connectivity index (χ2n) is 6.36. The number of amides is 1. The first kappa shape index (κ1) is 18.5. The van der Waals surface area contributed by atoms with E-state index in [1.807, 2.05) is 30.3 Å². The molecule has 0 spiro atoms. The van der Waals surface area contributed by atoms with Crippen molar-refractivity contribution in [2.75, 3.05) is 13.1 Å². The molecule has 0 unspecified atom stereocenters. The fraction of sp³-hybridized carbons (Fsp3) is 0.278. The van der Waals surface area contributed by atoms with Crippen molar-refractivity contribution < 1.29 is 14.6 Å². The van der Waals surface area contributed by atoms with Crippen LogP contribution in [-0.4, -0.2) is 39.8 Å². The van der Waals surface area contributed by atoms with Gasteiger partial charge in [-0.25, -0.2) is 0 Å². The number of carbonyl (C=O) groups is 1. The molecule has 1 N–H and O–H groups in total. The smallest absolute Gasteiger partial charge is 0.277 e. The third-order valence-electron chi connectivity index (χ3n) is 4.48. The first-order valence-corrected chi connectivity index (χ1v) is 8.44. The van der Waals surface area contributed by atoms with Crippen LogP contribution in [0.5, 0.6) is 0 Å². The molecule has 0 aliphatic carbocycles. The minimum absolute atomic E-state index is 0.0420. The Labute approximate surface area is 154 Å². The Morgan fingerprint density at radius 3 is 2.30 bits per heavy atom. The number of hydrogen-bond donors (Lipinski definition) is 1. The van der Waals surface area contributed by atoms with Crippen molar-refractivity contribution >= 4 is 17.3 Å². The Kier molecular flexibility index (Phi) is 5.41. The van der Waals surface area contributed by atoms with Crippen molar-refractivity contribution in [1.82, 2.24) is 10.2 Å². The summed E-state index contributed by atoms with van der Waals surface area (Å²) in [5.41, 5.74) is 0.159. The Balaban J connectivity index is 1.68.